The molecule has 0 radical (unpaired) electrons. The lowest BCUT2D eigenvalue weighted by Crippen LogP contribution is -2.17. The van der Waals surface area contributed by atoms with E-state index in [1.54, 1.807) is 19.1 Å². The number of carboxylic acid groups (broad SMARTS) is 1. The van der Waals surface area contributed by atoms with Crippen LogP contribution in [0.2, 0.25) is 0 Å². The highest BCUT2D eigenvalue weighted by Crippen LogP contribution is 2.04. The Morgan fingerprint density at radius 1 is 1.71 bits per heavy atom. The fourth-order valence-corrected chi connectivity index (χ4v) is 1.08. The van der Waals surface area contributed by atoms with Gasteiger partial charge in [0.15, 0.2) is 0 Å². The van der Waals surface area contributed by atoms with Gasteiger partial charge in [0.2, 0.25) is 0 Å². The number of anilines is 1. The van der Waals surface area contributed by atoms with Gasteiger partial charge in [-0.3, -0.25) is 5.43 Å². The van der Waals surface area contributed by atoms with E-state index in [1.165, 1.54) is 12.4 Å². The van der Waals surface area contributed by atoms with E-state index in [4.69, 9.17) is 10.4 Å². The third-order valence-corrected chi connectivity index (χ3v) is 1.99. The minimum absolute atomic E-state index is 0.244. The number of aromatic nitrogens is 1. The minimum Gasteiger partial charge on any atom is -0.478 e. The zero-order valence-corrected chi connectivity index (χ0v) is 9.27. The van der Waals surface area contributed by atoms with Gasteiger partial charge in [-0.15, -0.1) is 0 Å². The SMILES string of the molecule is CC/C(=C\NNc1cc(C#N)ccn1)C(=O)O. The lowest BCUT2D eigenvalue weighted by molar-refractivity contribution is -0.132. The molecule has 0 atom stereocenters. The van der Waals surface area contributed by atoms with Crippen LogP contribution in [-0.2, 0) is 4.79 Å². The van der Waals surface area contributed by atoms with E-state index in [0.29, 0.717) is 17.8 Å². The van der Waals surface area contributed by atoms with Crippen molar-refractivity contribution in [1.82, 2.24) is 10.4 Å². The number of hydrazine groups is 1. The quantitative estimate of drug-likeness (QED) is 0.522. The van der Waals surface area contributed by atoms with Gasteiger partial charge in [0.05, 0.1) is 17.2 Å². The van der Waals surface area contributed by atoms with Crippen LogP contribution in [-0.4, -0.2) is 16.1 Å². The molecule has 3 N–H and O–H groups in total. The number of aliphatic carboxylic acids is 1. The molecule has 6 nitrogen and oxygen atoms in total. The Morgan fingerprint density at radius 2 is 2.47 bits per heavy atom. The number of carboxylic acids is 1. The van der Waals surface area contributed by atoms with E-state index >= 15 is 0 Å². The molecular weight excluding hydrogens is 220 g/mol. The largest absolute Gasteiger partial charge is 0.478 e. The lowest BCUT2D eigenvalue weighted by Gasteiger charge is -2.05. The Labute approximate surface area is 98.6 Å². The molecule has 1 aromatic heterocycles. The highest BCUT2D eigenvalue weighted by molar-refractivity contribution is 5.86. The van der Waals surface area contributed by atoms with Crippen LogP contribution in [0.3, 0.4) is 0 Å². The number of hydrogen-bond acceptors (Lipinski definition) is 5. The molecule has 88 valence electrons. The van der Waals surface area contributed by atoms with Crippen LogP contribution in [0.4, 0.5) is 5.82 Å². The molecule has 0 aliphatic rings. The molecule has 6 heteroatoms. The smallest absolute Gasteiger partial charge is 0.333 e. The molecule has 17 heavy (non-hydrogen) atoms. The predicted molar refractivity (Wildman–Crippen MR) is 61.7 cm³/mol. The minimum atomic E-state index is -0.972. The summed E-state index contributed by atoms with van der Waals surface area (Å²) in [7, 11) is 0. The Morgan fingerprint density at radius 3 is 3.06 bits per heavy atom. The molecule has 0 amide bonds. The molecule has 0 fully saturated rings. The van der Waals surface area contributed by atoms with E-state index in [0.717, 1.165) is 0 Å². The summed E-state index contributed by atoms with van der Waals surface area (Å²) in [5.41, 5.74) is 6.03. The van der Waals surface area contributed by atoms with Gasteiger partial charge in [-0.2, -0.15) is 5.26 Å². The van der Waals surface area contributed by atoms with Crippen molar-refractivity contribution in [3.8, 4) is 6.07 Å². The summed E-state index contributed by atoms with van der Waals surface area (Å²) >= 11 is 0. The first-order valence-corrected chi connectivity index (χ1v) is 4.97. The molecule has 0 saturated heterocycles. The summed E-state index contributed by atoms with van der Waals surface area (Å²) in [5, 5.41) is 17.4. The van der Waals surface area contributed by atoms with Gasteiger partial charge in [0.1, 0.15) is 5.82 Å². The normalized spacial score (nSPS) is 10.5. The highest BCUT2D eigenvalue weighted by Gasteiger charge is 2.02. The Bertz CT molecular complexity index is 477. The Hall–Kier alpha value is -2.55. The standard InChI is InChI=1S/C11H12N4O2/c1-2-9(11(16)17)7-14-15-10-5-8(6-12)3-4-13-10/h3-5,7,14H,2H2,1H3,(H,13,15)(H,16,17)/b9-7+. The second-order valence-electron chi connectivity index (χ2n) is 3.14. The van der Waals surface area contributed by atoms with Crippen molar-refractivity contribution in [2.24, 2.45) is 0 Å². The molecule has 0 unspecified atom stereocenters. The number of rotatable bonds is 5. The molecule has 1 heterocycles. The molecule has 1 rings (SSSR count). The third kappa shape index (κ3) is 3.83. The maximum atomic E-state index is 10.7. The van der Waals surface area contributed by atoms with Crippen molar-refractivity contribution in [1.29, 1.82) is 5.26 Å². The van der Waals surface area contributed by atoms with Crippen molar-refractivity contribution < 1.29 is 9.90 Å². The number of nitrogens with zero attached hydrogens (tertiary/aromatic N) is 2. The fraction of sp³-hybridized carbons (Fsp3) is 0.182. The predicted octanol–water partition coefficient (Wildman–Crippen LogP) is 1.25. The number of nitrogens with one attached hydrogen (secondary N) is 2. The third-order valence-electron chi connectivity index (χ3n) is 1.99. The van der Waals surface area contributed by atoms with Crippen molar-refractivity contribution in [3.05, 3.63) is 35.7 Å². The molecule has 0 aliphatic carbocycles. The van der Waals surface area contributed by atoms with Crippen LogP contribution in [0.5, 0.6) is 0 Å². The van der Waals surface area contributed by atoms with Gasteiger partial charge in [-0.1, -0.05) is 6.92 Å². The Balaban J connectivity index is 2.62. The number of hydrogen-bond donors (Lipinski definition) is 3. The van der Waals surface area contributed by atoms with Crippen LogP contribution >= 0.6 is 0 Å². The molecule has 0 saturated carbocycles. The van der Waals surface area contributed by atoms with E-state index < -0.39 is 5.97 Å². The van der Waals surface area contributed by atoms with Gasteiger partial charge < -0.3 is 10.5 Å². The first kappa shape index (κ1) is 12.5. The van der Waals surface area contributed by atoms with Crippen LogP contribution in [0.1, 0.15) is 18.9 Å². The lowest BCUT2D eigenvalue weighted by atomic mass is 10.2. The molecule has 1 aromatic rings. The second-order valence-corrected chi connectivity index (χ2v) is 3.14. The summed E-state index contributed by atoms with van der Waals surface area (Å²) in [6.07, 6.45) is 3.25. The van der Waals surface area contributed by atoms with Gasteiger partial charge in [0, 0.05) is 12.4 Å². The maximum absolute atomic E-state index is 10.7. The van der Waals surface area contributed by atoms with Gasteiger partial charge in [-0.25, -0.2) is 9.78 Å². The number of carbonyl (C=O) groups is 1. The molecule has 0 aliphatic heterocycles. The summed E-state index contributed by atoms with van der Waals surface area (Å²) in [6, 6.07) is 5.11. The van der Waals surface area contributed by atoms with Crippen molar-refractivity contribution in [2.45, 2.75) is 13.3 Å². The fourth-order valence-electron chi connectivity index (χ4n) is 1.08. The molecule has 0 bridgehead atoms. The molecule has 0 spiro atoms. The van der Waals surface area contributed by atoms with Crippen LogP contribution in [0.25, 0.3) is 0 Å². The van der Waals surface area contributed by atoms with Crippen molar-refractivity contribution in [2.75, 3.05) is 5.43 Å². The van der Waals surface area contributed by atoms with Gasteiger partial charge in [-0.05, 0) is 18.6 Å². The summed E-state index contributed by atoms with van der Waals surface area (Å²) < 4.78 is 0. The zero-order chi connectivity index (χ0) is 12.7. The van der Waals surface area contributed by atoms with Crippen LogP contribution in [0.15, 0.2) is 30.1 Å². The van der Waals surface area contributed by atoms with Gasteiger partial charge >= 0.3 is 5.97 Å². The second kappa shape index (κ2) is 6.12. The average molecular weight is 232 g/mol. The van der Waals surface area contributed by atoms with E-state index in [9.17, 15) is 4.79 Å². The number of nitriles is 1. The van der Waals surface area contributed by atoms with Crippen LogP contribution in [0, 0.1) is 11.3 Å². The van der Waals surface area contributed by atoms with Gasteiger partial charge in [0.25, 0.3) is 0 Å². The zero-order valence-electron chi connectivity index (χ0n) is 9.27. The summed E-state index contributed by atoms with van der Waals surface area (Å²) in [6.45, 7) is 1.75. The molecule has 0 aromatic carbocycles. The summed E-state index contributed by atoms with van der Waals surface area (Å²) in [4.78, 5) is 14.6. The monoisotopic (exact) mass is 232 g/mol. The molecular formula is C11H12N4O2. The van der Waals surface area contributed by atoms with Crippen LogP contribution < -0.4 is 10.9 Å². The van der Waals surface area contributed by atoms with Crippen molar-refractivity contribution in [3.63, 3.8) is 0 Å². The number of pyridine rings is 1. The highest BCUT2D eigenvalue weighted by atomic mass is 16.4. The van der Waals surface area contributed by atoms with E-state index in [1.807, 2.05) is 6.07 Å². The first-order valence-electron chi connectivity index (χ1n) is 4.97. The first-order chi connectivity index (χ1) is 8.17. The topological polar surface area (TPSA) is 98.0 Å². The average Bonchev–Trinajstić information content (AvgIpc) is 2.34. The van der Waals surface area contributed by atoms with E-state index in [2.05, 4.69) is 15.8 Å². The van der Waals surface area contributed by atoms with Crippen molar-refractivity contribution >= 4 is 11.8 Å². The summed E-state index contributed by atoms with van der Waals surface area (Å²) in [5.74, 6) is -0.526. The van der Waals surface area contributed by atoms with E-state index in [-0.39, 0.29) is 5.57 Å². The maximum Gasteiger partial charge on any atom is 0.333 e. The Kier molecular flexibility index (Phi) is 4.51.